The second kappa shape index (κ2) is 9.38. The van der Waals surface area contributed by atoms with Crippen LogP contribution in [0.4, 0.5) is 0 Å². The van der Waals surface area contributed by atoms with Crippen LogP contribution in [0.15, 0.2) is 48.5 Å². The van der Waals surface area contributed by atoms with E-state index in [0.717, 1.165) is 6.42 Å². The number of benzene rings is 2. The molecule has 0 spiro atoms. The second-order valence-corrected chi connectivity index (χ2v) is 7.72. The Kier molecular flexibility index (Phi) is 6.42. The molecule has 2 heterocycles. The highest BCUT2D eigenvalue weighted by molar-refractivity contribution is 5.97. The summed E-state index contributed by atoms with van der Waals surface area (Å²) >= 11 is 0. The van der Waals surface area contributed by atoms with Crippen molar-refractivity contribution in [3.8, 4) is 0 Å². The lowest BCUT2D eigenvalue weighted by atomic mass is 9.93. The third kappa shape index (κ3) is 4.70. The molecular weight excluding hydrogens is 382 g/mol. The summed E-state index contributed by atoms with van der Waals surface area (Å²) in [7, 11) is 0. The topological polar surface area (TPSA) is 90.9 Å². The smallest absolute Gasteiger partial charge is 0.254 e. The largest absolute Gasteiger partial charge is 0.390 e. The molecule has 0 aromatic heterocycles. The zero-order valence-corrected chi connectivity index (χ0v) is 16.8. The maximum absolute atomic E-state index is 12.5. The fourth-order valence-electron chi connectivity index (χ4n) is 3.91. The minimum absolute atomic E-state index is 0.0515. The van der Waals surface area contributed by atoms with Crippen molar-refractivity contribution in [1.82, 2.24) is 15.5 Å². The first-order chi connectivity index (χ1) is 14.6. The Morgan fingerprint density at radius 1 is 1.07 bits per heavy atom. The molecule has 4 rings (SSSR count). The van der Waals surface area contributed by atoms with Gasteiger partial charge in [0.25, 0.3) is 11.8 Å². The number of aliphatic hydroxyl groups is 1. The van der Waals surface area contributed by atoms with E-state index in [9.17, 15) is 14.7 Å². The predicted molar refractivity (Wildman–Crippen MR) is 112 cm³/mol. The summed E-state index contributed by atoms with van der Waals surface area (Å²) in [6.45, 7) is 3.14. The lowest BCUT2D eigenvalue weighted by molar-refractivity contribution is 0.0303. The van der Waals surface area contributed by atoms with Crippen molar-refractivity contribution in [1.29, 1.82) is 0 Å². The number of carbonyl (C=O) groups is 2. The Bertz CT molecular complexity index is 894. The van der Waals surface area contributed by atoms with Crippen LogP contribution in [0.1, 0.15) is 31.8 Å². The van der Waals surface area contributed by atoms with Crippen molar-refractivity contribution < 1.29 is 19.4 Å². The molecule has 7 heteroatoms. The van der Waals surface area contributed by atoms with E-state index >= 15 is 0 Å². The standard InChI is InChI=1S/C23H27N3O4/c27-21(20-13-18-3-1-2-4-19(18)14-24-20)15-25-22(28)16-5-7-17(8-6-16)23(29)26-9-11-30-12-10-26/h1-8,20-21,24,27H,9-15H2,(H,25,28). The molecule has 0 saturated carbocycles. The Labute approximate surface area is 176 Å². The first-order valence-corrected chi connectivity index (χ1v) is 10.4. The SMILES string of the molecule is O=C(NCC(O)C1Cc2ccccc2CN1)c1ccc(C(=O)N2CCOCC2)cc1. The number of fused-ring (bicyclic) bond motifs is 1. The molecule has 2 amide bonds. The van der Waals surface area contributed by atoms with Gasteiger partial charge in [-0.15, -0.1) is 0 Å². The maximum Gasteiger partial charge on any atom is 0.254 e. The van der Waals surface area contributed by atoms with Crippen LogP contribution in [-0.2, 0) is 17.7 Å². The van der Waals surface area contributed by atoms with Gasteiger partial charge in [-0.2, -0.15) is 0 Å². The van der Waals surface area contributed by atoms with E-state index in [0.29, 0.717) is 44.0 Å². The summed E-state index contributed by atoms with van der Waals surface area (Å²) < 4.78 is 5.27. The molecule has 2 unspecified atom stereocenters. The Balaban J connectivity index is 1.29. The fourth-order valence-corrected chi connectivity index (χ4v) is 3.91. The average Bonchev–Trinajstić information content (AvgIpc) is 2.82. The van der Waals surface area contributed by atoms with E-state index in [4.69, 9.17) is 4.74 Å². The van der Waals surface area contributed by atoms with E-state index in [1.807, 2.05) is 12.1 Å². The van der Waals surface area contributed by atoms with Gasteiger partial charge in [-0.3, -0.25) is 9.59 Å². The van der Waals surface area contributed by atoms with Crippen molar-refractivity contribution in [2.24, 2.45) is 0 Å². The summed E-state index contributed by atoms with van der Waals surface area (Å²) in [5, 5.41) is 16.6. The fraction of sp³-hybridized carbons (Fsp3) is 0.391. The second-order valence-electron chi connectivity index (χ2n) is 7.72. The highest BCUT2D eigenvalue weighted by Gasteiger charge is 2.25. The van der Waals surface area contributed by atoms with Gasteiger partial charge in [0.15, 0.2) is 0 Å². The summed E-state index contributed by atoms with van der Waals surface area (Å²) in [5.41, 5.74) is 3.49. The van der Waals surface area contributed by atoms with E-state index < -0.39 is 6.10 Å². The summed E-state index contributed by atoms with van der Waals surface area (Å²) in [6, 6.07) is 14.7. The number of hydrogen-bond acceptors (Lipinski definition) is 5. The van der Waals surface area contributed by atoms with Gasteiger partial charge in [0.05, 0.1) is 19.3 Å². The van der Waals surface area contributed by atoms with Gasteiger partial charge in [0.2, 0.25) is 0 Å². The monoisotopic (exact) mass is 409 g/mol. The van der Waals surface area contributed by atoms with Crippen molar-refractivity contribution >= 4 is 11.8 Å². The van der Waals surface area contributed by atoms with Gasteiger partial charge >= 0.3 is 0 Å². The van der Waals surface area contributed by atoms with Gasteiger partial charge in [0.1, 0.15) is 0 Å². The molecule has 1 fully saturated rings. The Hall–Kier alpha value is -2.74. The van der Waals surface area contributed by atoms with Crippen molar-refractivity contribution in [3.63, 3.8) is 0 Å². The molecule has 2 aliphatic heterocycles. The molecule has 158 valence electrons. The predicted octanol–water partition coefficient (Wildman–Crippen LogP) is 0.964. The number of rotatable bonds is 5. The van der Waals surface area contributed by atoms with Gasteiger partial charge in [-0.05, 0) is 41.8 Å². The first-order valence-electron chi connectivity index (χ1n) is 10.4. The number of aliphatic hydroxyl groups excluding tert-OH is 1. The van der Waals surface area contributed by atoms with Gasteiger partial charge in [0, 0.05) is 43.3 Å². The lowest BCUT2D eigenvalue weighted by Gasteiger charge is -2.30. The molecule has 3 N–H and O–H groups in total. The highest BCUT2D eigenvalue weighted by Crippen LogP contribution is 2.18. The van der Waals surface area contributed by atoms with Crippen LogP contribution in [0, 0.1) is 0 Å². The number of nitrogens with zero attached hydrogens (tertiary/aromatic N) is 1. The van der Waals surface area contributed by atoms with Gasteiger partial charge in [-0.1, -0.05) is 24.3 Å². The van der Waals surface area contributed by atoms with Crippen molar-refractivity contribution in [3.05, 3.63) is 70.8 Å². The molecule has 30 heavy (non-hydrogen) atoms. The first kappa shape index (κ1) is 20.5. The third-order valence-electron chi connectivity index (χ3n) is 5.74. The van der Waals surface area contributed by atoms with E-state index in [1.54, 1.807) is 29.2 Å². The van der Waals surface area contributed by atoms with Gasteiger partial charge < -0.3 is 25.4 Å². The number of nitrogens with one attached hydrogen (secondary N) is 2. The Morgan fingerprint density at radius 2 is 1.73 bits per heavy atom. The molecular formula is C23H27N3O4. The van der Waals surface area contributed by atoms with Crippen LogP contribution in [0.3, 0.4) is 0 Å². The van der Waals surface area contributed by atoms with Crippen LogP contribution >= 0.6 is 0 Å². The highest BCUT2D eigenvalue weighted by atomic mass is 16.5. The van der Waals surface area contributed by atoms with Crippen LogP contribution in [-0.4, -0.2) is 66.8 Å². The van der Waals surface area contributed by atoms with E-state index in [1.165, 1.54) is 11.1 Å². The number of morpholine rings is 1. The zero-order valence-electron chi connectivity index (χ0n) is 16.8. The molecule has 1 saturated heterocycles. The number of ether oxygens (including phenoxy) is 1. The van der Waals surface area contributed by atoms with Crippen LogP contribution in [0.25, 0.3) is 0 Å². The zero-order chi connectivity index (χ0) is 20.9. The van der Waals surface area contributed by atoms with Crippen LogP contribution in [0.2, 0.25) is 0 Å². The van der Waals surface area contributed by atoms with Gasteiger partial charge in [-0.25, -0.2) is 0 Å². The third-order valence-corrected chi connectivity index (χ3v) is 5.74. The normalized spacial score (nSPS) is 19.6. The van der Waals surface area contributed by atoms with Crippen molar-refractivity contribution in [2.45, 2.75) is 25.1 Å². The van der Waals surface area contributed by atoms with E-state index in [2.05, 4.69) is 22.8 Å². The molecule has 2 aromatic rings. The average molecular weight is 409 g/mol. The summed E-state index contributed by atoms with van der Waals surface area (Å²) in [6.07, 6.45) is 0.0374. The summed E-state index contributed by atoms with van der Waals surface area (Å²) in [4.78, 5) is 26.7. The quantitative estimate of drug-likeness (QED) is 0.685. The molecule has 7 nitrogen and oxygen atoms in total. The van der Waals surface area contributed by atoms with Crippen molar-refractivity contribution in [2.75, 3.05) is 32.8 Å². The molecule has 2 atom stereocenters. The van der Waals surface area contributed by atoms with E-state index in [-0.39, 0.29) is 24.4 Å². The lowest BCUT2D eigenvalue weighted by Crippen LogP contribution is -2.49. The maximum atomic E-state index is 12.5. The molecule has 2 aromatic carbocycles. The molecule has 0 radical (unpaired) electrons. The minimum Gasteiger partial charge on any atom is -0.390 e. The molecule has 0 aliphatic carbocycles. The minimum atomic E-state index is -0.690. The molecule has 2 aliphatic rings. The molecule has 0 bridgehead atoms. The number of hydrogen-bond donors (Lipinski definition) is 3. The Morgan fingerprint density at radius 3 is 2.47 bits per heavy atom. The number of amides is 2. The number of carbonyl (C=O) groups excluding carboxylic acids is 2. The summed E-state index contributed by atoms with van der Waals surface area (Å²) in [5.74, 6) is -0.319. The van der Waals surface area contributed by atoms with Crippen LogP contribution < -0.4 is 10.6 Å². The van der Waals surface area contributed by atoms with Crippen LogP contribution in [0.5, 0.6) is 0 Å².